The molecule has 0 saturated heterocycles. The van der Waals surface area contributed by atoms with E-state index >= 15 is 0 Å². The molecule has 0 aromatic carbocycles. The monoisotopic (exact) mass is 193 g/mol. The molecule has 1 heteroatoms. The Hall–Kier alpha value is -0.560. The van der Waals surface area contributed by atoms with Crippen LogP contribution in [0, 0.1) is 5.92 Å². The second kappa shape index (κ2) is 6.02. The topological polar surface area (TPSA) is 3.24 Å². The van der Waals surface area contributed by atoms with Crippen LogP contribution in [0.1, 0.15) is 32.6 Å². The van der Waals surface area contributed by atoms with E-state index in [0.717, 1.165) is 5.92 Å². The van der Waals surface area contributed by atoms with Gasteiger partial charge in [-0.1, -0.05) is 30.7 Å². The van der Waals surface area contributed by atoms with Crippen molar-refractivity contribution in [1.29, 1.82) is 0 Å². The van der Waals surface area contributed by atoms with E-state index in [1.54, 1.807) is 5.57 Å². The summed E-state index contributed by atoms with van der Waals surface area (Å²) >= 11 is 0. The molecule has 0 aliphatic heterocycles. The van der Waals surface area contributed by atoms with Crippen LogP contribution in [0.25, 0.3) is 0 Å². The van der Waals surface area contributed by atoms with Gasteiger partial charge in [-0.3, -0.25) is 0 Å². The molecule has 0 bridgehead atoms. The fraction of sp³-hybridized carbons (Fsp3) is 0.692. The first-order valence-corrected chi connectivity index (χ1v) is 5.70. The predicted molar refractivity (Wildman–Crippen MR) is 63.4 cm³/mol. The summed E-state index contributed by atoms with van der Waals surface area (Å²) in [5.74, 6) is 0.777. The molecular formula is C13H23N. The molecule has 0 saturated carbocycles. The minimum absolute atomic E-state index is 0.777. The number of allylic oxidation sites excluding steroid dienone is 4. The lowest BCUT2D eigenvalue weighted by molar-refractivity contribution is 0.393. The lowest BCUT2D eigenvalue weighted by atomic mass is 9.90. The van der Waals surface area contributed by atoms with E-state index in [1.165, 1.54) is 32.2 Å². The van der Waals surface area contributed by atoms with Crippen molar-refractivity contribution in [2.75, 3.05) is 20.6 Å². The second-order valence-corrected chi connectivity index (χ2v) is 4.57. The van der Waals surface area contributed by atoms with E-state index in [1.807, 2.05) is 0 Å². The van der Waals surface area contributed by atoms with Crippen molar-refractivity contribution in [3.63, 3.8) is 0 Å². The van der Waals surface area contributed by atoms with Crippen LogP contribution < -0.4 is 0 Å². The molecule has 0 spiro atoms. The smallest absolute Gasteiger partial charge is 0.00247 e. The summed E-state index contributed by atoms with van der Waals surface area (Å²) in [6.45, 7) is 3.55. The van der Waals surface area contributed by atoms with Gasteiger partial charge in [-0.15, -0.1) is 0 Å². The maximum Gasteiger partial charge on any atom is -0.00247 e. The summed E-state index contributed by atoms with van der Waals surface area (Å²) in [7, 11) is 4.29. The number of nitrogens with zero attached hydrogens (tertiary/aromatic N) is 1. The Morgan fingerprint density at radius 1 is 1.36 bits per heavy atom. The molecule has 1 aliphatic rings. The zero-order valence-electron chi connectivity index (χ0n) is 9.79. The summed E-state index contributed by atoms with van der Waals surface area (Å²) < 4.78 is 0. The van der Waals surface area contributed by atoms with Gasteiger partial charge in [0.2, 0.25) is 0 Å². The molecule has 0 heterocycles. The van der Waals surface area contributed by atoms with Crippen molar-refractivity contribution in [3.8, 4) is 0 Å². The Balaban J connectivity index is 2.17. The molecular weight excluding hydrogens is 170 g/mol. The van der Waals surface area contributed by atoms with Gasteiger partial charge < -0.3 is 4.90 Å². The average Bonchev–Trinajstić information content (AvgIpc) is 2.15. The number of hydrogen-bond acceptors (Lipinski definition) is 1. The molecule has 14 heavy (non-hydrogen) atoms. The molecule has 1 unspecified atom stereocenters. The first-order chi connectivity index (χ1) is 6.70. The van der Waals surface area contributed by atoms with Crippen LogP contribution in [0.4, 0.5) is 0 Å². The Bertz CT molecular complexity index is 213. The highest BCUT2D eigenvalue weighted by Crippen LogP contribution is 2.24. The first-order valence-electron chi connectivity index (χ1n) is 5.70. The SMILES string of the molecule is CC1CC=CC=C1CCCCN(C)C. The molecule has 80 valence electrons. The summed E-state index contributed by atoms with van der Waals surface area (Å²) in [6.07, 6.45) is 12.0. The third kappa shape index (κ3) is 4.10. The van der Waals surface area contributed by atoms with Crippen molar-refractivity contribution in [1.82, 2.24) is 4.90 Å². The van der Waals surface area contributed by atoms with Gasteiger partial charge >= 0.3 is 0 Å². The van der Waals surface area contributed by atoms with E-state index in [9.17, 15) is 0 Å². The summed E-state index contributed by atoms with van der Waals surface area (Å²) in [4.78, 5) is 2.26. The molecule has 0 N–H and O–H groups in total. The van der Waals surface area contributed by atoms with Crippen LogP contribution in [0.15, 0.2) is 23.8 Å². The van der Waals surface area contributed by atoms with Crippen molar-refractivity contribution >= 4 is 0 Å². The molecule has 0 fully saturated rings. The Labute approximate surface area is 88.5 Å². The highest BCUT2D eigenvalue weighted by Gasteiger charge is 2.08. The van der Waals surface area contributed by atoms with Crippen LogP contribution in [0.3, 0.4) is 0 Å². The molecule has 1 aliphatic carbocycles. The molecule has 0 aromatic heterocycles. The molecule has 1 nitrogen and oxygen atoms in total. The minimum atomic E-state index is 0.777. The summed E-state index contributed by atoms with van der Waals surface area (Å²) in [6, 6.07) is 0. The van der Waals surface area contributed by atoms with Crippen molar-refractivity contribution in [2.45, 2.75) is 32.6 Å². The zero-order valence-corrected chi connectivity index (χ0v) is 9.79. The summed E-state index contributed by atoms with van der Waals surface area (Å²) in [5, 5.41) is 0. The van der Waals surface area contributed by atoms with Crippen LogP contribution in [0.5, 0.6) is 0 Å². The highest BCUT2D eigenvalue weighted by atomic mass is 15.0. The Morgan fingerprint density at radius 2 is 2.14 bits per heavy atom. The van der Waals surface area contributed by atoms with E-state index in [2.05, 4.69) is 44.1 Å². The van der Waals surface area contributed by atoms with Gasteiger partial charge in [0.1, 0.15) is 0 Å². The number of rotatable bonds is 5. The van der Waals surface area contributed by atoms with Gasteiger partial charge in [0.05, 0.1) is 0 Å². The zero-order chi connectivity index (χ0) is 10.4. The predicted octanol–water partition coefficient (Wildman–Crippen LogP) is 3.24. The highest BCUT2D eigenvalue weighted by molar-refractivity contribution is 5.20. The van der Waals surface area contributed by atoms with E-state index in [0.29, 0.717) is 0 Å². The van der Waals surface area contributed by atoms with Crippen LogP contribution in [-0.4, -0.2) is 25.5 Å². The van der Waals surface area contributed by atoms with Crippen molar-refractivity contribution < 1.29 is 0 Å². The minimum Gasteiger partial charge on any atom is -0.309 e. The largest absolute Gasteiger partial charge is 0.309 e. The Kier molecular flexibility index (Phi) is 4.95. The van der Waals surface area contributed by atoms with Gasteiger partial charge in [-0.2, -0.15) is 0 Å². The second-order valence-electron chi connectivity index (χ2n) is 4.57. The lowest BCUT2D eigenvalue weighted by Crippen LogP contribution is -2.13. The summed E-state index contributed by atoms with van der Waals surface area (Å²) in [5.41, 5.74) is 1.64. The Morgan fingerprint density at radius 3 is 2.79 bits per heavy atom. The van der Waals surface area contributed by atoms with E-state index < -0.39 is 0 Å². The fourth-order valence-electron chi connectivity index (χ4n) is 1.88. The third-order valence-corrected chi connectivity index (χ3v) is 2.89. The quantitative estimate of drug-likeness (QED) is 0.606. The van der Waals surface area contributed by atoms with Crippen molar-refractivity contribution in [3.05, 3.63) is 23.8 Å². The molecule has 0 radical (unpaired) electrons. The molecule has 1 rings (SSSR count). The van der Waals surface area contributed by atoms with Gasteiger partial charge in [0.25, 0.3) is 0 Å². The fourth-order valence-corrected chi connectivity index (χ4v) is 1.88. The number of hydrogen-bond donors (Lipinski definition) is 0. The maximum atomic E-state index is 2.33. The average molecular weight is 193 g/mol. The lowest BCUT2D eigenvalue weighted by Gasteiger charge is -2.17. The van der Waals surface area contributed by atoms with Gasteiger partial charge in [-0.25, -0.2) is 0 Å². The molecule has 0 amide bonds. The van der Waals surface area contributed by atoms with Gasteiger partial charge in [0, 0.05) is 0 Å². The van der Waals surface area contributed by atoms with Gasteiger partial charge in [-0.05, 0) is 52.2 Å². The van der Waals surface area contributed by atoms with E-state index in [-0.39, 0.29) is 0 Å². The normalized spacial score (nSPS) is 21.4. The van der Waals surface area contributed by atoms with Crippen LogP contribution in [0.2, 0.25) is 0 Å². The van der Waals surface area contributed by atoms with Crippen LogP contribution >= 0.6 is 0 Å². The standard InChI is InChI=1S/C13H23N/c1-12-8-4-5-9-13(12)10-6-7-11-14(2)3/h4-5,9,12H,6-8,10-11H2,1-3H3. The van der Waals surface area contributed by atoms with Gasteiger partial charge in [0.15, 0.2) is 0 Å². The first kappa shape index (κ1) is 11.5. The number of unbranched alkanes of at least 4 members (excludes halogenated alkanes) is 1. The molecule has 0 aromatic rings. The van der Waals surface area contributed by atoms with Crippen LogP contribution in [-0.2, 0) is 0 Å². The van der Waals surface area contributed by atoms with Crippen molar-refractivity contribution in [2.24, 2.45) is 5.92 Å². The third-order valence-electron chi connectivity index (χ3n) is 2.89. The molecule has 1 atom stereocenters. The van der Waals surface area contributed by atoms with E-state index in [4.69, 9.17) is 0 Å². The maximum absolute atomic E-state index is 2.33.